The van der Waals surface area contributed by atoms with E-state index in [9.17, 15) is 18.3 Å². The van der Waals surface area contributed by atoms with E-state index in [0.717, 1.165) is 32.5 Å². The Labute approximate surface area is 99.8 Å². The van der Waals surface area contributed by atoms with Gasteiger partial charge in [0.2, 0.25) is 0 Å². The molecule has 0 bridgehead atoms. The zero-order chi connectivity index (χ0) is 12.5. The van der Waals surface area contributed by atoms with E-state index in [1.807, 2.05) is 0 Å². The molecule has 2 fully saturated rings. The lowest BCUT2D eigenvalue weighted by molar-refractivity contribution is -0.911. The van der Waals surface area contributed by atoms with Crippen LogP contribution < -0.4 is 4.90 Å². The molecule has 0 amide bonds. The highest BCUT2D eigenvalue weighted by Crippen LogP contribution is 2.43. The highest BCUT2D eigenvalue weighted by molar-refractivity contribution is 4.91. The average molecular weight is 252 g/mol. The van der Waals surface area contributed by atoms with E-state index in [1.54, 1.807) is 0 Å². The van der Waals surface area contributed by atoms with E-state index < -0.39 is 12.6 Å². The summed E-state index contributed by atoms with van der Waals surface area (Å²) < 4.78 is 36.7. The maximum Gasteiger partial charge on any atom is 0.389 e. The van der Waals surface area contributed by atoms with Gasteiger partial charge in [-0.1, -0.05) is 0 Å². The molecule has 0 unspecified atom stereocenters. The number of hydrogen-bond donors (Lipinski definition) is 2. The third-order valence-electron chi connectivity index (χ3n) is 4.25. The molecular weight excluding hydrogens is 231 g/mol. The van der Waals surface area contributed by atoms with Gasteiger partial charge in [0.25, 0.3) is 0 Å². The first-order valence-corrected chi connectivity index (χ1v) is 6.44. The zero-order valence-electron chi connectivity index (χ0n) is 10.0. The predicted molar refractivity (Wildman–Crippen MR) is 57.7 cm³/mol. The summed E-state index contributed by atoms with van der Waals surface area (Å²) in [5.74, 6) is -0.178. The number of halogens is 3. The molecule has 0 spiro atoms. The number of aliphatic hydroxyl groups is 1. The molecule has 2 rings (SSSR count). The summed E-state index contributed by atoms with van der Waals surface area (Å²) >= 11 is 0. The van der Waals surface area contributed by atoms with Gasteiger partial charge < -0.3 is 10.0 Å². The molecule has 2 aliphatic rings. The second kappa shape index (κ2) is 4.76. The van der Waals surface area contributed by atoms with Gasteiger partial charge in [-0.2, -0.15) is 13.2 Å². The van der Waals surface area contributed by atoms with Crippen LogP contribution in [-0.2, 0) is 0 Å². The summed E-state index contributed by atoms with van der Waals surface area (Å²) in [5, 5.41) is 9.23. The number of rotatable bonds is 4. The Balaban J connectivity index is 1.71. The Hall–Kier alpha value is -0.290. The van der Waals surface area contributed by atoms with E-state index in [-0.39, 0.29) is 17.9 Å². The van der Waals surface area contributed by atoms with Gasteiger partial charge in [0, 0.05) is 11.8 Å². The summed E-state index contributed by atoms with van der Waals surface area (Å²) in [6.07, 6.45) is -1.11. The van der Waals surface area contributed by atoms with Crippen LogP contribution in [0.25, 0.3) is 0 Å². The van der Waals surface area contributed by atoms with Crippen molar-refractivity contribution in [1.82, 2.24) is 0 Å². The molecule has 0 aromatic rings. The van der Waals surface area contributed by atoms with Gasteiger partial charge in [0.05, 0.1) is 26.2 Å². The third-order valence-corrected chi connectivity index (χ3v) is 4.25. The van der Waals surface area contributed by atoms with Gasteiger partial charge in [-0.25, -0.2) is 0 Å². The first-order chi connectivity index (χ1) is 7.92. The zero-order valence-corrected chi connectivity index (χ0v) is 10.0. The molecule has 1 aliphatic heterocycles. The van der Waals surface area contributed by atoms with Crippen LogP contribution >= 0.6 is 0 Å². The first kappa shape index (κ1) is 13.1. The number of alkyl halides is 3. The molecule has 0 atom stereocenters. The molecule has 17 heavy (non-hydrogen) atoms. The lowest BCUT2D eigenvalue weighted by Crippen LogP contribution is -3.14. The minimum absolute atomic E-state index is 0.117. The number of hydrogen-bond acceptors (Lipinski definition) is 1. The highest BCUT2D eigenvalue weighted by Gasteiger charge is 2.46. The van der Waals surface area contributed by atoms with E-state index in [0.29, 0.717) is 12.8 Å². The number of nitrogens with one attached hydrogen (secondary N) is 1. The van der Waals surface area contributed by atoms with Crippen molar-refractivity contribution in [2.45, 2.75) is 38.3 Å². The number of likely N-dealkylation sites (tertiary alicyclic amines) is 1. The molecule has 1 heterocycles. The van der Waals surface area contributed by atoms with Crippen molar-refractivity contribution < 1.29 is 23.2 Å². The third kappa shape index (κ3) is 3.85. The van der Waals surface area contributed by atoms with Crippen molar-refractivity contribution in [3.63, 3.8) is 0 Å². The molecule has 2 nitrogen and oxygen atoms in total. The van der Waals surface area contributed by atoms with Crippen LogP contribution in [0.5, 0.6) is 0 Å². The van der Waals surface area contributed by atoms with Crippen molar-refractivity contribution in [3.8, 4) is 0 Å². The summed E-state index contributed by atoms with van der Waals surface area (Å²) in [6, 6.07) is 0. The molecule has 1 aliphatic carbocycles. The smallest absolute Gasteiger partial charge is 0.389 e. The Kier molecular flexibility index (Phi) is 3.69. The van der Waals surface area contributed by atoms with Gasteiger partial charge in [-0.05, 0) is 31.6 Å². The molecule has 1 saturated heterocycles. The molecule has 1 saturated carbocycles. The van der Waals surface area contributed by atoms with Crippen molar-refractivity contribution in [2.75, 3.05) is 26.2 Å². The minimum atomic E-state index is -4.01. The first-order valence-electron chi connectivity index (χ1n) is 6.44. The van der Waals surface area contributed by atoms with E-state index >= 15 is 0 Å². The quantitative estimate of drug-likeness (QED) is 0.767. The highest BCUT2D eigenvalue weighted by atomic mass is 19.4. The molecule has 2 N–H and O–H groups in total. The summed E-state index contributed by atoms with van der Waals surface area (Å²) in [7, 11) is 0. The Morgan fingerprint density at radius 2 is 1.76 bits per heavy atom. The van der Waals surface area contributed by atoms with Crippen LogP contribution in [0.3, 0.4) is 0 Å². The van der Waals surface area contributed by atoms with Crippen LogP contribution in [0.15, 0.2) is 0 Å². The Morgan fingerprint density at radius 3 is 2.18 bits per heavy atom. The number of quaternary nitrogens is 1. The largest absolute Gasteiger partial charge is 0.396 e. The van der Waals surface area contributed by atoms with Crippen LogP contribution in [0, 0.1) is 11.3 Å². The fraction of sp³-hybridized carbons (Fsp3) is 1.00. The van der Waals surface area contributed by atoms with E-state index in [1.165, 1.54) is 4.90 Å². The molecule has 0 radical (unpaired) electrons. The molecule has 100 valence electrons. The Bertz CT molecular complexity index is 255. The number of aliphatic hydroxyl groups excluding tert-OH is 1. The topological polar surface area (TPSA) is 24.7 Å². The SMILES string of the molecule is OCC1(C[NH+]2CCC(CC(F)(F)F)CC2)CC1. The van der Waals surface area contributed by atoms with Gasteiger partial charge in [0.1, 0.15) is 0 Å². The van der Waals surface area contributed by atoms with Crippen molar-refractivity contribution in [3.05, 3.63) is 0 Å². The second-order valence-corrected chi connectivity index (χ2v) is 5.85. The average Bonchev–Trinajstić information content (AvgIpc) is 3.00. The summed E-state index contributed by atoms with van der Waals surface area (Å²) in [5.41, 5.74) is 0.117. The minimum Gasteiger partial charge on any atom is -0.396 e. The monoisotopic (exact) mass is 252 g/mol. The van der Waals surface area contributed by atoms with Gasteiger partial charge in [-0.3, -0.25) is 0 Å². The molecule has 0 aromatic carbocycles. The maximum atomic E-state index is 12.2. The number of piperidine rings is 1. The van der Waals surface area contributed by atoms with Crippen LogP contribution in [0.1, 0.15) is 32.1 Å². The van der Waals surface area contributed by atoms with E-state index in [2.05, 4.69) is 0 Å². The van der Waals surface area contributed by atoms with Crippen LogP contribution in [0.4, 0.5) is 13.2 Å². The lowest BCUT2D eigenvalue weighted by atomic mass is 9.92. The van der Waals surface area contributed by atoms with Crippen LogP contribution in [0.2, 0.25) is 0 Å². The normalized spacial score (nSPS) is 32.5. The standard InChI is InChI=1S/C12H20F3NO/c13-12(14,15)7-10-1-5-16(6-2-10)8-11(9-17)3-4-11/h10,17H,1-9H2/p+1. The fourth-order valence-electron chi connectivity index (χ4n) is 2.89. The van der Waals surface area contributed by atoms with Gasteiger partial charge >= 0.3 is 6.18 Å². The Morgan fingerprint density at radius 1 is 1.18 bits per heavy atom. The van der Waals surface area contributed by atoms with Crippen molar-refractivity contribution >= 4 is 0 Å². The maximum absolute atomic E-state index is 12.2. The van der Waals surface area contributed by atoms with Crippen LogP contribution in [-0.4, -0.2) is 37.5 Å². The lowest BCUT2D eigenvalue weighted by Gasteiger charge is -2.31. The summed E-state index contributed by atoms with van der Waals surface area (Å²) in [4.78, 5) is 1.38. The fourth-order valence-corrected chi connectivity index (χ4v) is 2.89. The van der Waals surface area contributed by atoms with Gasteiger partial charge in [-0.15, -0.1) is 0 Å². The molecule has 5 heteroatoms. The second-order valence-electron chi connectivity index (χ2n) is 5.85. The predicted octanol–water partition coefficient (Wildman–Crippen LogP) is 1.01. The van der Waals surface area contributed by atoms with Crippen molar-refractivity contribution in [1.29, 1.82) is 0 Å². The van der Waals surface area contributed by atoms with E-state index in [4.69, 9.17) is 0 Å². The molecule has 0 aromatic heterocycles. The summed E-state index contributed by atoms with van der Waals surface area (Å²) in [6.45, 7) is 2.86. The van der Waals surface area contributed by atoms with Gasteiger partial charge in [0.15, 0.2) is 0 Å². The molecular formula is C12H21F3NO+. The van der Waals surface area contributed by atoms with Crippen molar-refractivity contribution in [2.24, 2.45) is 11.3 Å².